The molecule has 5 nitrogen and oxygen atoms in total. The number of carbonyl (C=O) groups excluding carboxylic acids is 1. The van der Waals surface area contributed by atoms with E-state index >= 15 is 0 Å². The summed E-state index contributed by atoms with van der Waals surface area (Å²) >= 11 is 3.38. The number of rotatable bonds is 6. The second kappa shape index (κ2) is 9.16. The smallest absolute Gasteiger partial charge is 0.253 e. The Morgan fingerprint density at radius 3 is 2.35 bits per heavy atom. The number of halogens is 1. The molecule has 0 radical (unpaired) electrons. The first-order chi connectivity index (χ1) is 12.6. The summed E-state index contributed by atoms with van der Waals surface area (Å²) in [6, 6.07) is 16.9. The minimum absolute atomic E-state index is 0.0735. The van der Waals surface area contributed by atoms with Crippen molar-refractivity contribution in [2.24, 2.45) is 0 Å². The van der Waals surface area contributed by atoms with Crippen molar-refractivity contribution in [1.29, 1.82) is 0 Å². The highest BCUT2D eigenvalue weighted by Gasteiger charge is 2.23. The van der Waals surface area contributed by atoms with E-state index < -0.39 is 6.10 Å². The average Bonchev–Trinajstić information content (AvgIpc) is 2.68. The van der Waals surface area contributed by atoms with Gasteiger partial charge in [0.25, 0.3) is 5.91 Å². The molecule has 1 fully saturated rings. The highest BCUT2D eigenvalue weighted by atomic mass is 79.9. The lowest BCUT2D eigenvalue weighted by atomic mass is 10.2. The Morgan fingerprint density at radius 2 is 1.69 bits per heavy atom. The van der Waals surface area contributed by atoms with Crippen LogP contribution in [0.4, 0.5) is 0 Å². The van der Waals surface area contributed by atoms with E-state index in [1.54, 1.807) is 0 Å². The Hall–Kier alpha value is -1.89. The fraction of sp³-hybridized carbons (Fsp3) is 0.350. The third kappa shape index (κ3) is 5.30. The van der Waals surface area contributed by atoms with Gasteiger partial charge in [0.15, 0.2) is 0 Å². The Bertz CT molecular complexity index is 701. The average molecular weight is 419 g/mol. The zero-order valence-corrected chi connectivity index (χ0v) is 16.1. The quantitative estimate of drug-likeness (QED) is 0.783. The fourth-order valence-electron chi connectivity index (χ4n) is 2.97. The van der Waals surface area contributed by atoms with Crippen molar-refractivity contribution < 1.29 is 14.6 Å². The highest BCUT2D eigenvalue weighted by molar-refractivity contribution is 9.10. The molecular weight excluding hydrogens is 396 g/mol. The first-order valence-corrected chi connectivity index (χ1v) is 9.54. The number of hydrogen-bond donors (Lipinski definition) is 1. The molecule has 26 heavy (non-hydrogen) atoms. The van der Waals surface area contributed by atoms with Crippen molar-refractivity contribution in [3.05, 3.63) is 64.6 Å². The summed E-state index contributed by atoms with van der Waals surface area (Å²) in [6.45, 7) is 3.67. The molecule has 1 saturated heterocycles. The number of amides is 1. The molecule has 1 heterocycles. The first kappa shape index (κ1) is 18.9. The maximum atomic E-state index is 12.4. The molecule has 0 unspecified atom stereocenters. The largest absolute Gasteiger partial charge is 0.491 e. The Morgan fingerprint density at radius 1 is 1.04 bits per heavy atom. The number of β-amino-alcohol motifs (C(OH)–C–C–N with tert-alkyl or cyclic N) is 1. The van der Waals surface area contributed by atoms with Gasteiger partial charge in [0, 0.05) is 42.8 Å². The van der Waals surface area contributed by atoms with Gasteiger partial charge < -0.3 is 14.7 Å². The van der Waals surface area contributed by atoms with Gasteiger partial charge in [-0.2, -0.15) is 0 Å². The molecule has 0 bridgehead atoms. The van der Waals surface area contributed by atoms with Crippen LogP contribution in [0.15, 0.2) is 59.1 Å². The van der Waals surface area contributed by atoms with E-state index in [1.165, 1.54) is 0 Å². The molecule has 0 spiro atoms. The van der Waals surface area contributed by atoms with Gasteiger partial charge in [-0.15, -0.1) is 0 Å². The fourth-order valence-corrected chi connectivity index (χ4v) is 3.24. The molecular formula is C20H23BrN2O3. The van der Waals surface area contributed by atoms with Gasteiger partial charge in [-0.1, -0.05) is 34.1 Å². The van der Waals surface area contributed by atoms with Crippen LogP contribution >= 0.6 is 15.9 Å². The van der Waals surface area contributed by atoms with Crippen molar-refractivity contribution in [3.8, 4) is 5.75 Å². The molecule has 1 atom stereocenters. The number of nitrogens with zero attached hydrogens (tertiary/aromatic N) is 2. The minimum atomic E-state index is -0.560. The van der Waals surface area contributed by atoms with E-state index in [0.29, 0.717) is 19.6 Å². The summed E-state index contributed by atoms with van der Waals surface area (Å²) in [6.07, 6.45) is -0.560. The second-order valence-corrected chi connectivity index (χ2v) is 7.29. The van der Waals surface area contributed by atoms with Crippen molar-refractivity contribution in [3.63, 3.8) is 0 Å². The van der Waals surface area contributed by atoms with Crippen LogP contribution in [0, 0.1) is 0 Å². The Labute approximate surface area is 162 Å². The number of aliphatic hydroxyl groups is 1. The second-order valence-electron chi connectivity index (χ2n) is 6.38. The molecule has 0 aromatic heterocycles. The lowest BCUT2D eigenvalue weighted by molar-refractivity contribution is 0.0403. The standard InChI is InChI=1S/C20H23BrN2O3/c21-17-6-8-19(9-7-17)26-15-18(24)14-22-10-12-23(13-11-22)20(25)16-4-2-1-3-5-16/h1-9,18,24H,10-15H2/t18-/m1/s1. The Balaban J connectivity index is 1.40. The molecule has 1 aliphatic heterocycles. The van der Waals surface area contributed by atoms with Gasteiger partial charge >= 0.3 is 0 Å². The number of hydrogen-bond acceptors (Lipinski definition) is 4. The van der Waals surface area contributed by atoms with E-state index in [0.717, 1.165) is 28.9 Å². The highest BCUT2D eigenvalue weighted by Crippen LogP contribution is 2.16. The van der Waals surface area contributed by atoms with Crippen molar-refractivity contribution in [1.82, 2.24) is 9.80 Å². The number of piperazine rings is 1. The van der Waals surface area contributed by atoms with E-state index in [9.17, 15) is 9.90 Å². The zero-order chi connectivity index (χ0) is 18.4. The lowest BCUT2D eigenvalue weighted by Crippen LogP contribution is -2.50. The van der Waals surface area contributed by atoms with Gasteiger partial charge in [-0.3, -0.25) is 9.69 Å². The SMILES string of the molecule is O=C(c1ccccc1)N1CCN(C[C@@H](O)COc2ccc(Br)cc2)CC1. The van der Waals surface area contributed by atoms with Crippen LogP contribution in [-0.2, 0) is 0 Å². The predicted octanol–water partition coefficient (Wildman–Crippen LogP) is 2.65. The number of carbonyl (C=O) groups is 1. The van der Waals surface area contributed by atoms with Crippen LogP contribution in [0.5, 0.6) is 5.75 Å². The molecule has 2 aromatic carbocycles. The van der Waals surface area contributed by atoms with Crippen molar-refractivity contribution in [2.45, 2.75) is 6.10 Å². The maximum Gasteiger partial charge on any atom is 0.253 e. The Kier molecular flexibility index (Phi) is 6.66. The van der Waals surface area contributed by atoms with Crippen molar-refractivity contribution >= 4 is 21.8 Å². The van der Waals surface area contributed by atoms with Crippen LogP contribution in [0.1, 0.15) is 10.4 Å². The molecule has 1 aliphatic rings. The van der Waals surface area contributed by atoms with Gasteiger partial charge in [-0.05, 0) is 36.4 Å². The predicted molar refractivity (Wildman–Crippen MR) is 104 cm³/mol. The molecule has 2 aromatic rings. The summed E-state index contributed by atoms with van der Waals surface area (Å²) in [7, 11) is 0. The van der Waals surface area contributed by atoms with E-state index in [4.69, 9.17) is 4.74 Å². The number of benzene rings is 2. The molecule has 6 heteroatoms. The molecule has 0 saturated carbocycles. The first-order valence-electron chi connectivity index (χ1n) is 8.75. The van der Waals surface area contributed by atoms with Crippen LogP contribution in [-0.4, -0.2) is 66.2 Å². The summed E-state index contributed by atoms with van der Waals surface area (Å²) in [5, 5.41) is 10.2. The molecule has 1 N–H and O–H groups in total. The maximum absolute atomic E-state index is 12.4. The third-order valence-corrected chi connectivity index (χ3v) is 4.93. The third-order valence-electron chi connectivity index (χ3n) is 4.41. The van der Waals surface area contributed by atoms with Crippen LogP contribution in [0.25, 0.3) is 0 Å². The van der Waals surface area contributed by atoms with Crippen LogP contribution < -0.4 is 4.74 Å². The molecule has 138 valence electrons. The summed E-state index contributed by atoms with van der Waals surface area (Å²) < 4.78 is 6.61. The lowest BCUT2D eigenvalue weighted by Gasteiger charge is -2.35. The van der Waals surface area contributed by atoms with Gasteiger partial charge in [0.2, 0.25) is 0 Å². The van der Waals surface area contributed by atoms with Crippen LogP contribution in [0.2, 0.25) is 0 Å². The van der Waals surface area contributed by atoms with Crippen LogP contribution in [0.3, 0.4) is 0 Å². The number of aliphatic hydroxyl groups excluding tert-OH is 1. The minimum Gasteiger partial charge on any atom is -0.491 e. The van der Waals surface area contributed by atoms with E-state index in [-0.39, 0.29) is 12.5 Å². The molecule has 1 amide bonds. The normalized spacial score (nSPS) is 16.3. The monoisotopic (exact) mass is 418 g/mol. The molecule has 0 aliphatic carbocycles. The van der Waals surface area contributed by atoms with Crippen molar-refractivity contribution in [2.75, 3.05) is 39.3 Å². The summed E-state index contributed by atoms with van der Waals surface area (Å²) in [5.41, 5.74) is 0.726. The topological polar surface area (TPSA) is 53.0 Å². The zero-order valence-electron chi connectivity index (χ0n) is 14.6. The molecule has 3 rings (SSSR count). The summed E-state index contributed by atoms with van der Waals surface area (Å²) in [5.74, 6) is 0.815. The van der Waals surface area contributed by atoms with E-state index in [2.05, 4.69) is 20.8 Å². The van der Waals surface area contributed by atoms with Gasteiger partial charge in [0.1, 0.15) is 18.5 Å². The van der Waals surface area contributed by atoms with Gasteiger partial charge in [-0.25, -0.2) is 0 Å². The van der Waals surface area contributed by atoms with Gasteiger partial charge in [0.05, 0.1) is 0 Å². The summed E-state index contributed by atoms with van der Waals surface area (Å²) in [4.78, 5) is 16.5. The number of ether oxygens (including phenoxy) is 1. The van der Waals surface area contributed by atoms with E-state index in [1.807, 2.05) is 59.5 Å².